The van der Waals surface area contributed by atoms with Crippen molar-refractivity contribution in [3.05, 3.63) is 28.5 Å². The van der Waals surface area contributed by atoms with E-state index in [0.717, 1.165) is 12.3 Å². The van der Waals surface area contributed by atoms with Crippen LogP contribution in [0.4, 0.5) is 4.39 Å². The molecular weight excluding hydrogens is 357 g/mol. The molecule has 2 bridgehead atoms. The van der Waals surface area contributed by atoms with E-state index in [9.17, 15) is 12.8 Å². The van der Waals surface area contributed by atoms with Gasteiger partial charge in [-0.3, -0.25) is 0 Å². The van der Waals surface area contributed by atoms with Gasteiger partial charge < -0.3 is 0 Å². The molecule has 0 aliphatic heterocycles. The van der Waals surface area contributed by atoms with Crippen molar-refractivity contribution in [3.8, 4) is 0 Å². The third-order valence-electron chi connectivity index (χ3n) is 4.96. The maximum Gasteiger partial charge on any atom is 0.245 e. The third kappa shape index (κ3) is 2.90. The molecule has 2 aliphatic rings. The summed E-state index contributed by atoms with van der Waals surface area (Å²) in [6.45, 7) is 0.499. The zero-order valence-electron chi connectivity index (χ0n) is 11.9. The van der Waals surface area contributed by atoms with Crippen molar-refractivity contribution < 1.29 is 12.8 Å². The van der Waals surface area contributed by atoms with Crippen molar-refractivity contribution in [2.75, 3.05) is 13.6 Å². The molecule has 3 nitrogen and oxygen atoms in total. The number of nitrogens with zero attached hydrogens (tertiary/aromatic N) is 1. The third-order valence-corrected chi connectivity index (χ3v) is 7.31. The molecule has 0 spiro atoms. The minimum absolute atomic E-state index is 0.239. The zero-order chi connectivity index (χ0) is 15.2. The summed E-state index contributed by atoms with van der Waals surface area (Å²) in [5.74, 6) is 1.16. The predicted molar refractivity (Wildman–Crippen MR) is 82.9 cm³/mol. The van der Waals surface area contributed by atoms with Crippen molar-refractivity contribution in [2.45, 2.75) is 30.6 Å². The molecule has 3 atom stereocenters. The van der Waals surface area contributed by atoms with Gasteiger partial charge in [0.2, 0.25) is 10.0 Å². The zero-order valence-corrected chi connectivity index (χ0v) is 14.3. The van der Waals surface area contributed by atoms with Crippen molar-refractivity contribution >= 4 is 26.0 Å². The van der Waals surface area contributed by atoms with Gasteiger partial charge in [-0.15, -0.1) is 0 Å². The number of hydrogen-bond acceptors (Lipinski definition) is 2. The molecule has 2 fully saturated rings. The van der Waals surface area contributed by atoms with Gasteiger partial charge >= 0.3 is 0 Å². The van der Waals surface area contributed by atoms with Crippen LogP contribution in [0.25, 0.3) is 0 Å². The van der Waals surface area contributed by atoms with E-state index in [-0.39, 0.29) is 4.90 Å². The van der Waals surface area contributed by atoms with Crippen LogP contribution in [-0.2, 0) is 10.0 Å². The molecule has 21 heavy (non-hydrogen) atoms. The summed E-state index contributed by atoms with van der Waals surface area (Å²) in [5, 5.41) is 0. The molecule has 2 saturated carbocycles. The second-order valence-electron chi connectivity index (χ2n) is 6.30. The smallest absolute Gasteiger partial charge is 0.207 e. The highest BCUT2D eigenvalue weighted by molar-refractivity contribution is 9.10. The Morgan fingerprint density at radius 1 is 1.33 bits per heavy atom. The largest absolute Gasteiger partial charge is 0.245 e. The van der Waals surface area contributed by atoms with E-state index < -0.39 is 15.8 Å². The van der Waals surface area contributed by atoms with Gasteiger partial charge in [0, 0.05) is 18.1 Å². The van der Waals surface area contributed by atoms with Crippen LogP contribution in [-0.4, -0.2) is 26.3 Å². The number of sulfonamides is 1. The van der Waals surface area contributed by atoms with Crippen molar-refractivity contribution in [3.63, 3.8) is 0 Å². The van der Waals surface area contributed by atoms with E-state index >= 15 is 0 Å². The first-order valence-electron chi connectivity index (χ1n) is 7.29. The van der Waals surface area contributed by atoms with Crippen LogP contribution >= 0.6 is 15.9 Å². The summed E-state index contributed by atoms with van der Waals surface area (Å²) in [6.07, 6.45) is 4.87. The SMILES string of the molecule is CN(CC1CC2CCC1C2)S(=O)(=O)c1ccc(Br)cc1F. The van der Waals surface area contributed by atoms with Crippen LogP contribution in [0.2, 0.25) is 0 Å². The lowest BCUT2D eigenvalue weighted by molar-refractivity contribution is 0.280. The average molecular weight is 376 g/mol. The molecular formula is C15H19BrFNO2S. The second-order valence-corrected chi connectivity index (χ2v) is 9.22. The summed E-state index contributed by atoms with van der Waals surface area (Å²) in [5.41, 5.74) is 0. The number of hydrogen-bond donors (Lipinski definition) is 0. The number of benzene rings is 1. The van der Waals surface area contributed by atoms with Gasteiger partial charge in [0.1, 0.15) is 10.7 Å². The molecule has 0 amide bonds. The molecule has 0 radical (unpaired) electrons. The highest BCUT2D eigenvalue weighted by Crippen LogP contribution is 2.48. The maximum atomic E-state index is 13.9. The van der Waals surface area contributed by atoms with Crippen LogP contribution in [0.5, 0.6) is 0 Å². The van der Waals surface area contributed by atoms with Gasteiger partial charge in [-0.2, -0.15) is 0 Å². The van der Waals surface area contributed by atoms with Gasteiger partial charge in [-0.25, -0.2) is 17.1 Å². The van der Waals surface area contributed by atoms with E-state index in [0.29, 0.717) is 22.9 Å². The molecule has 1 aromatic carbocycles. The predicted octanol–water partition coefficient (Wildman–Crippen LogP) is 3.64. The Balaban J connectivity index is 1.78. The fourth-order valence-corrected chi connectivity index (χ4v) is 5.48. The highest BCUT2D eigenvalue weighted by atomic mass is 79.9. The Hall–Kier alpha value is -0.460. The molecule has 0 aromatic heterocycles. The fraction of sp³-hybridized carbons (Fsp3) is 0.600. The summed E-state index contributed by atoms with van der Waals surface area (Å²) >= 11 is 3.14. The van der Waals surface area contributed by atoms with Crippen molar-refractivity contribution in [1.29, 1.82) is 0 Å². The van der Waals surface area contributed by atoms with Crippen LogP contribution in [0.1, 0.15) is 25.7 Å². The number of fused-ring (bicyclic) bond motifs is 2. The summed E-state index contributed by atoms with van der Waals surface area (Å²) in [4.78, 5) is -0.239. The number of rotatable bonds is 4. The van der Waals surface area contributed by atoms with Crippen LogP contribution in [0.3, 0.4) is 0 Å². The molecule has 3 unspecified atom stereocenters. The Bertz CT molecular complexity index is 649. The minimum atomic E-state index is -3.75. The van der Waals surface area contributed by atoms with Crippen LogP contribution in [0, 0.1) is 23.6 Å². The molecule has 0 heterocycles. The van der Waals surface area contributed by atoms with Crippen LogP contribution < -0.4 is 0 Å². The Labute approximate surface area is 133 Å². The lowest BCUT2D eigenvalue weighted by Crippen LogP contribution is -2.34. The summed E-state index contributed by atoms with van der Waals surface area (Å²) in [6, 6.07) is 4.08. The average Bonchev–Trinajstić information content (AvgIpc) is 3.00. The van der Waals surface area contributed by atoms with Gasteiger partial charge in [-0.05, 0) is 55.2 Å². The van der Waals surface area contributed by atoms with E-state index in [2.05, 4.69) is 15.9 Å². The highest BCUT2D eigenvalue weighted by Gasteiger charge is 2.41. The van der Waals surface area contributed by atoms with Gasteiger partial charge in [0.05, 0.1) is 0 Å². The standard InChI is InChI=1S/C15H19BrFNO2S/c1-18(9-12-7-10-2-3-11(12)6-10)21(19,20)15-5-4-13(16)8-14(15)17/h4-5,8,10-12H,2-3,6-7,9H2,1H3. The molecule has 1 aromatic rings. The normalized spacial score (nSPS) is 28.5. The molecule has 0 N–H and O–H groups in total. The first-order chi connectivity index (χ1) is 9.88. The summed E-state index contributed by atoms with van der Waals surface area (Å²) in [7, 11) is -2.19. The van der Waals surface area contributed by atoms with Crippen molar-refractivity contribution in [2.24, 2.45) is 17.8 Å². The molecule has 0 saturated heterocycles. The molecule has 116 valence electrons. The van der Waals surface area contributed by atoms with E-state index in [1.807, 2.05) is 0 Å². The fourth-order valence-electron chi connectivity index (χ4n) is 3.88. The second kappa shape index (κ2) is 5.63. The van der Waals surface area contributed by atoms with E-state index in [1.54, 1.807) is 13.1 Å². The van der Waals surface area contributed by atoms with E-state index in [1.165, 1.54) is 35.7 Å². The van der Waals surface area contributed by atoms with Crippen molar-refractivity contribution in [1.82, 2.24) is 4.31 Å². The lowest BCUT2D eigenvalue weighted by Gasteiger charge is -2.26. The first kappa shape index (κ1) is 15.4. The maximum absolute atomic E-state index is 13.9. The lowest BCUT2D eigenvalue weighted by atomic mass is 9.89. The van der Waals surface area contributed by atoms with Gasteiger partial charge in [0.25, 0.3) is 0 Å². The Kier molecular flexibility index (Phi) is 4.14. The molecule has 2 aliphatic carbocycles. The molecule has 3 rings (SSSR count). The monoisotopic (exact) mass is 375 g/mol. The quantitative estimate of drug-likeness (QED) is 0.805. The Morgan fingerprint density at radius 3 is 2.67 bits per heavy atom. The number of halogens is 2. The Morgan fingerprint density at radius 2 is 2.10 bits per heavy atom. The van der Waals surface area contributed by atoms with Gasteiger partial charge in [0.15, 0.2) is 0 Å². The van der Waals surface area contributed by atoms with E-state index in [4.69, 9.17) is 0 Å². The summed E-state index contributed by atoms with van der Waals surface area (Å²) < 4.78 is 40.9. The first-order valence-corrected chi connectivity index (χ1v) is 9.52. The topological polar surface area (TPSA) is 37.4 Å². The van der Waals surface area contributed by atoms with Crippen LogP contribution in [0.15, 0.2) is 27.6 Å². The van der Waals surface area contributed by atoms with Gasteiger partial charge in [-0.1, -0.05) is 22.4 Å². The minimum Gasteiger partial charge on any atom is -0.207 e. The molecule has 6 heteroatoms.